The number of hydrogen-bond donors (Lipinski definition) is 3. The van der Waals surface area contributed by atoms with E-state index in [1.54, 1.807) is 0 Å². The van der Waals surface area contributed by atoms with Gasteiger partial charge in [0.2, 0.25) is 0 Å². The van der Waals surface area contributed by atoms with Crippen molar-refractivity contribution in [3.05, 3.63) is 23.9 Å². The fraction of sp³-hybridized carbons (Fsp3) is 0.792. The van der Waals surface area contributed by atoms with Gasteiger partial charge in [-0.2, -0.15) is 0 Å². The molecule has 2 saturated carbocycles. The molecule has 5 heteroatoms. The fourth-order valence-electron chi connectivity index (χ4n) is 7.11. The standard InChI is InChI=1S/C24H39N3O2/c1-22(2)20-9-11-24(29-22,16-23(20,26)10-4-12-28)19-6-3-5-17(14-19)13-18-7-8-21(25)27-15-18/h7-8,15,17,19-20,28H,3-6,9-14,16,26H2,1-2H3,(H2,25,27)/t17-,19+,20+,23+,24+/m1/s1. The minimum Gasteiger partial charge on any atom is -0.396 e. The molecule has 2 aliphatic heterocycles. The predicted octanol–water partition coefficient (Wildman–Crippen LogP) is 3.83. The van der Waals surface area contributed by atoms with E-state index in [1.165, 1.54) is 31.2 Å². The van der Waals surface area contributed by atoms with Gasteiger partial charge in [0.1, 0.15) is 5.82 Å². The molecule has 1 aromatic rings. The summed E-state index contributed by atoms with van der Waals surface area (Å²) in [6.07, 6.45) is 12.9. The van der Waals surface area contributed by atoms with Crippen molar-refractivity contribution in [2.24, 2.45) is 23.5 Å². The molecule has 2 saturated heterocycles. The van der Waals surface area contributed by atoms with Gasteiger partial charge in [0.05, 0.1) is 11.2 Å². The monoisotopic (exact) mass is 401 g/mol. The number of pyridine rings is 1. The van der Waals surface area contributed by atoms with E-state index >= 15 is 0 Å². The fourth-order valence-corrected chi connectivity index (χ4v) is 7.11. The largest absolute Gasteiger partial charge is 0.396 e. The summed E-state index contributed by atoms with van der Waals surface area (Å²) in [4.78, 5) is 4.27. The van der Waals surface area contributed by atoms with Gasteiger partial charge in [0.15, 0.2) is 0 Å². The van der Waals surface area contributed by atoms with Crippen LogP contribution in [0.15, 0.2) is 18.3 Å². The summed E-state index contributed by atoms with van der Waals surface area (Å²) in [5.41, 5.74) is 13.6. The molecule has 0 aromatic carbocycles. The summed E-state index contributed by atoms with van der Waals surface area (Å²) in [7, 11) is 0. The van der Waals surface area contributed by atoms with E-state index in [4.69, 9.17) is 16.2 Å². The van der Waals surface area contributed by atoms with Crippen molar-refractivity contribution in [1.82, 2.24) is 4.98 Å². The highest BCUT2D eigenvalue weighted by molar-refractivity contribution is 5.29. The SMILES string of the molecule is CC1(C)O[C@@]2([C@H]3CCC[C@H](Cc4ccc(N)nc4)C3)CC[C@@H]1[C@](N)(CCCO)C2. The van der Waals surface area contributed by atoms with Crippen LogP contribution in [0.25, 0.3) is 0 Å². The number of nitrogens with zero attached hydrogens (tertiary/aromatic N) is 1. The van der Waals surface area contributed by atoms with Crippen molar-refractivity contribution in [3.63, 3.8) is 0 Å². The molecule has 0 amide bonds. The molecular weight excluding hydrogens is 362 g/mol. The summed E-state index contributed by atoms with van der Waals surface area (Å²) in [6.45, 7) is 4.71. The minimum absolute atomic E-state index is 0.0967. The van der Waals surface area contributed by atoms with Crippen LogP contribution >= 0.6 is 0 Å². The van der Waals surface area contributed by atoms with Crippen LogP contribution in [-0.4, -0.2) is 33.4 Å². The van der Waals surface area contributed by atoms with Crippen LogP contribution in [0.3, 0.4) is 0 Å². The average molecular weight is 402 g/mol. The van der Waals surface area contributed by atoms with Crippen LogP contribution in [0.5, 0.6) is 0 Å². The number of anilines is 1. The van der Waals surface area contributed by atoms with Crippen molar-refractivity contribution in [2.45, 2.75) is 94.8 Å². The molecule has 1 aromatic heterocycles. The van der Waals surface area contributed by atoms with Crippen molar-refractivity contribution >= 4 is 5.82 Å². The third kappa shape index (κ3) is 4.06. The van der Waals surface area contributed by atoms with Gasteiger partial charge in [0.25, 0.3) is 0 Å². The maximum Gasteiger partial charge on any atom is 0.123 e. The summed E-state index contributed by atoms with van der Waals surface area (Å²) in [5, 5.41) is 9.42. The van der Waals surface area contributed by atoms with Gasteiger partial charge in [-0.25, -0.2) is 4.98 Å². The Balaban J connectivity index is 1.51. The molecule has 29 heavy (non-hydrogen) atoms. The summed E-state index contributed by atoms with van der Waals surface area (Å²) >= 11 is 0. The Morgan fingerprint density at radius 3 is 2.76 bits per heavy atom. The second-order valence-electron chi connectivity index (χ2n) is 10.6. The first-order valence-electron chi connectivity index (χ1n) is 11.6. The predicted molar refractivity (Wildman–Crippen MR) is 116 cm³/mol. The highest BCUT2D eigenvalue weighted by atomic mass is 16.5. The molecule has 5 rings (SSSR count). The molecule has 2 aliphatic carbocycles. The third-order valence-corrected chi connectivity index (χ3v) is 8.18. The highest BCUT2D eigenvalue weighted by Gasteiger charge is 2.62. The first-order valence-corrected chi connectivity index (χ1v) is 11.6. The van der Waals surface area contributed by atoms with Crippen LogP contribution in [0.1, 0.15) is 77.2 Å². The Morgan fingerprint density at radius 1 is 1.24 bits per heavy atom. The normalized spacial score (nSPS) is 38.8. The topological polar surface area (TPSA) is 94.4 Å². The van der Waals surface area contributed by atoms with Gasteiger partial charge in [-0.3, -0.25) is 0 Å². The first-order chi connectivity index (χ1) is 13.8. The van der Waals surface area contributed by atoms with Crippen molar-refractivity contribution in [3.8, 4) is 0 Å². The zero-order valence-corrected chi connectivity index (χ0v) is 18.2. The number of aliphatic hydroxyl groups is 1. The molecule has 0 unspecified atom stereocenters. The summed E-state index contributed by atoms with van der Waals surface area (Å²) in [5.74, 6) is 2.21. The smallest absolute Gasteiger partial charge is 0.123 e. The van der Waals surface area contributed by atoms with Crippen LogP contribution in [0, 0.1) is 17.8 Å². The Hall–Kier alpha value is -1.17. The van der Waals surface area contributed by atoms with Gasteiger partial charge in [-0.1, -0.05) is 18.9 Å². The second kappa shape index (κ2) is 7.82. The van der Waals surface area contributed by atoms with Gasteiger partial charge in [-0.05, 0) is 88.7 Å². The van der Waals surface area contributed by atoms with Gasteiger partial charge < -0.3 is 21.3 Å². The minimum atomic E-state index is -0.212. The van der Waals surface area contributed by atoms with E-state index in [9.17, 15) is 5.11 Å². The molecule has 4 fully saturated rings. The third-order valence-electron chi connectivity index (χ3n) is 8.18. The van der Waals surface area contributed by atoms with Gasteiger partial charge in [-0.15, -0.1) is 0 Å². The molecular formula is C24H39N3O2. The van der Waals surface area contributed by atoms with Crippen molar-refractivity contribution in [1.29, 1.82) is 0 Å². The highest BCUT2D eigenvalue weighted by Crippen LogP contribution is 2.59. The number of nitrogen functional groups attached to an aromatic ring is 1. The molecule has 5 nitrogen and oxygen atoms in total. The van der Waals surface area contributed by atoms with E-state index in [1.807, 2.05) is 12.3 Å². The van der Waals surface area contributed by atoms with Crippen LogP contribution in [0.4, 0.5) is 5.82 Å². The molecule has 0 radical (unpaired) electrons. The van der Waals surface area contributed by atoms with Crippen molar-refractivity contribution in [2.75, 3.05) is 12.3 Å². The van der Waals surface area contributed by atoms with Gasteiger partial charge >= 0.3 is 0 Å². The lowest BCUT2D eigenvalue weighted by atomic mass is 9.53. The Morgan fingerprint density at radius 2 is 2.07 bits per heavy atom. The lowest BCUT2D eigenvalue weighted by Crippen LogP contribution is -2.72. The Kier molecular flexibility index (Phi) is 5.69. The average Bonchev–Trinajstić information content (AvgIpc) is 2.68. The zero-order chi connectivity index (χ0) is 20.7. The Bertz CT molecular complexity index is 707. The van der Waals surface area contributed by atoms with Gasteiger partial charge in [0, 0.05) is 24.3 Å². The maximum atomic E-state index is 9.42. The lowest BCUT2D eigenvalue weighted by Gasteiger charge is -2.65. The molecule has 162 valence electrons. The van der Waals surface area contributed by atoms with Crippen molar-refractivity contribution < 1.29 is 9.84 Å². The van der Waals surface area contributed by atoms with E-state index in [0.717, 1.165) is 38.5 Å². The molecule has 4 aliphatic rings. The van der Waals surface area contributed by atoms with Crippen LogP contribution in [-0.2, 0) is 11.2 Å². The molecule has 5 N–H and O–H groups in total. The molecule has 5 atom stereocenters. The number of aliphatic hydroxyl groups excluding tert-OH is 1. The zero-order valence-electron chi connectivity index (χ0n) is 18.2. The first kappa shape index (κ1) is 21.1. The lowest BCUT2D eigenvalue weighted by molar-refractivity contribution is -0.287. The van der Waals surface area contributed by atoms with Crippen LogP contribution in [0.2, 0.25) is 0 Å². The Labute approximate surface area is 175 Å². The number of ether oxygens (including phenoxy) is 1. The van der Waals surface area contributed by atoms with E-state index < -0.39 is 0 Å². The number of nitrogens with two attached hydrogens (primary N) is 2. The number of rotatable bonds is 6. The van der Waals surface area contributed by atoms with E-state index in [-0.39, 0.29) is 23.3 Å². The summed E-state index contributed by atoms with van der Waals surface area (Å²) in [6, 6.07) is 4.03. The number of hydrogen-bond acceptors (Lipinski definition) is 5. The maximum absolute atomic E-state index is 9.42. The summed E-state index contributed by atoms with van der Waals surface area (Å²) < 4.78 is 6.92. The van der Waals surface area contributed by atoms with E-state index in [0.29, 0.717) is 23.6 Å². The second-order valence-corrected chi connectivity index (χ2v) is 10.6. The number of aromatic nitrogens is 1. The van der Waals surface area contributed by atoms with E-state index in [2.05, 4.69) is 24.9 Å². The molecule has 0 spiro atoms. The number of fused-ring (bicyclic) bond motifs is 3. The molecule has 3 heterocycles. The van der Waals surface area contributed by atoms with Crippen LogP contribution < -0.4 is 11.5 Å². The molecule has 2 bridgehead atoms. The quantitative estimate of drug-likeness (QED) is 0.673.